The van der Waals surface area contributed by atoms with Gasteiger partial charge in [-0.1, -0.05) is 12.1 Å². The van der Waals surface area contributed by atoms with Gasteiger partial charge in [0, 0.05) is 37.4 Å². The van der Waals surface area contributed by atoms with Gasteiger partial charge in [0.1, 0.15) is 5.75 Å². The number of benzene rings is 1. The number of carbonyl (C=O) groups is 2. The molecule has 9 heteroatoms. The molecule has 1 aliphatic heterocycles. The van der Waals surface area contributed by atoms with Gasteiger partial charge in [-0.15, -0.1) is 0 Å². The monoisotopic (exact) mass is 410 g/mol. The fourth-order valence-corrected chi connectivity index (χ4v) is 4.33. The minimum atomic E-state index is -3.72. The van der Waals surface area contributed by atoms with Gasteiger partial charge >= 0.3 is 0 Å². The van der Waals surface area contributed by atoms with Crippen molar-refractivity contribution in [2.45, 2.75) is 33.2 Å². The molecule has 0 bridgehead atoms. The van der Waals surface area contributed by atoms with Crippen LogP contribution in [-0.2, 0) is 19.6 Å². The van der Waals surface area contributed by atoms with Gasteiger partial charge in [-0.3, -0.25) is 9.59 Å². The molecule has 2 rings (SSSR count). The first-order valence-corrected chi connectivity index (χ1v) is 10.9. The molecular weight excluding hydrogens is 380 g/mol. The van der Waals surface area contributed by atoms with Gasteiger partial charge in [-0.25, -0.2) is 8.42 Å². The van der Waals surface area contributed by atoms with Crippen molar-refractivity contribution in [1.29, 1.82) is 0 Å². The Labute approximate surface area is 167 Å². The third-order valence-corrected chi connectivity index (χ3v) is 6.05. The van der Waals surface area contributed by atoms with E-state index in [1.807, 2.05) is 45.9 Å². The maximum Gasteiger partial charge on any atom is 0.239 e. The Hall–Kier alpha value is -2.13. The van der Waals surface area contributed by atoms with E-state index in [4.69, 9.17) is 0 Å². The highest BCUT2D eigenvalue weighted by Gasteiger charge is 2.29. The number of hydrogen-bond acceptors (Lipinski definition) is 5. The van der Waals surface area contributed by atoms with Crippen molar-refractivity contribution in [2.75, 3.05) is 43.4 Å². The lowest BCUT2D eigenvalue weighted by Crippen LogP contribution is -2.51. The highest BCUT2D eigenvalue weighted by atomic mass is 32.2. The maximum absolute atomic E-state index is 12.5. The summed E-state index contributed by atoms with van der Waals surface area (Å²) in [6.45, 7) is 9.05. The number of amides is 2. The molecule has 2 N–H and O–H groups in total. The Bertz CT molecular complexity index is 809. The molecule has 1 aromatic carbocycles. The van der Waals surface area contributed by atoms with Crippen LogP contribution in [0, 0.1) is 6.92 Å². The van der Waals surface area contributed by atoms with Crippen LogP contribution in [0.1, 0.15) is 26.3 Å². The molecule has 0 aliphatic carbocycles. The molecule has 1 fully saturated rings. The molecule has 0 unspecified atom stereocenters. The zero-order valence-corrected chi connectivity index (χ0v) is 17.8. The summed E-state index contributed by atoms with van der Waals surface area (Å²) in [4.78, 5) is 25.9. The molecule has 8 nitrogen and oxygen atoms in total. The van der Waals surface area contributed by atoms with Crippen LogP contribution in [-0.4, -0.2) is 68.6 Å². The lowest BCUT2D eigenvalue weighted by molar-refractivity contribution is -0.125. The summed E-state index contributed by atoms with van der Waals surface area (Å²) in [5, 5.41) is 5.08. The van der Waals surface area contributed by atoms with E-state index in [0.717, 1.165) is 11.3 Å². The fraction of sp³-hybridized carbons (Fsp3) is 0.579. The zero-order chi connectivity index (χ0) is 20.9. The predicted octanol–water partition coefficient (Wildman–Crippen LogP) is 0.478. The number of carbonyl (C=O) groups excluding carboxylic acids is 2. The van der Waals surface area contributed by atoms with E-state index in [9.17, 15) is 18.0 Å². The van der Waals surface area contributed by atoms with Crippen molar-refractivity contribution >= 4 is 27.5 Å². The zero-order valence-electron chi connectivity index (χ0n) is 17.0. The van der Waals surface area contributed by atoms with E-state index in [1.54, 1.807) is 0 Å². The lowest BCUT2D eigenvalue weighted by Gasteiger charge is -2.35. The molecule has 156 valence electrons. The molecule has 28 heavy (non-hydrogen) atoms. The fourth-order valence-electron chi connectivity index (χ4n) is 3.00. The number of sulfonamides is 1. The number of hydrogen-bond donors (Lipinski definition) is 2. The van der Waals surface area contributed by atoms with Gasteiger partial charge < -0.3 is 15.5 Å². The van der Waals surface area contributed by atoms with Crippen LogP contribution in [0.4, 0.5) is 5.69 Å². The summed E-state index contributed by atoms with van der Waals surface area (Å²) < 4.78 is 26.4. The van der Waals surface area contributed by atoms with E-state index >= 15 is 0 Å². The minimum absolute atomic E-state index is 0.243. The molecule has 0 aromatic heterocycles. The molecule has 0 saturated carbocycles. The number of anilines is 1. The number of piperazine rings is 1. The number of rotatable bonds is 6. The summed E-state index contributed by atoms with van der Waals surface area (Å²) in [5.74, 6) is -1.68. The van der Waals surface area contributed by atoms with Crippen molar-refractivity contribution in [2.24, 2.45) is 0 Å². The quantitative estimate of drug-likeness (QED) is 0.711. The minimum Gasteiger partial charge on any atom is -0.369 e. The molecule has 0 spiro atoms. The Morgan fingerprint density at radius 2 is 1.71 bits per heavy atom. The Kier molecular flexibility index (Phi) is 7.06. The summed E-state index contributed by atoms with van der Waals surface area (Å²) in [6, 6.07) is 8.08. The van der Waals surface area contributed by atoms with Crippen molar-refractivity contribution in [3.05, 3.63) is 29.8 Å². The second kappa shape index (κ2) is 8.91. The molecule has 1 saturated heterocycles. The van der Waals surface area contributed by atoms with Crippen LogP contribution < -0.4 is 15.5 Å². The second-order valence-corrected chi connectivity index (χ2v) is 10.0. The summed E-state index contributed by atoms with van der Waals surface area (Å²) in [7, 11) is -3.72. The van der Waals surface area contributed by atoms with Gasteiger partial charge in [-0.2, -0.15) is 4.31 Å². The molecule has 0 atom stereocenters. The first-order chi connectivity index (χ1) is 13.0. The SMILES string of the molecule is Cc1cccc(N2CCN(S(=O)(=O)CC(=O)NCC(=O)NC(C)(C)C)CC2)c1. The maximum atomic E-state index is 12.5. The summed E-state index contributed by atoms with van der Waals surface area (Å²) >= 11 is 0. The van der Waals surface area contributed by atoms with Crippen LogP contribution in [0.3, 0.4) is 0 Å². The Balaban J connectivity index is 1.83. The van der Waals surface area contributed by atoms with Gasteiger partial charge in [-0.05, 0) is 45.4 Å². The van der Waals surface area contributed by atoms with Crippen molar-refractivity contribution < 1.29 is 18.0 Å². The predicted molar refractivity (Wildman–Crippen MR) is 110 cm³/mol. The molecule has 2 amide bonds. The van der Waals surface area contributed by atoms with E-state index in [2.05, 4.69) is 21.6 Å². The van der Waals surface area contributed by atoms with Gasteiger partial charge in [0.05, 0.1) is 6.54 Å². The Morgan fingerprint density at radius 1 is 1.07 bits per heavy atom. The smallest absolute Gasteiger partial charge is 0.239 e. The molecule has 1 aliphatic rings. The largest absolute Gasteiger partial charge is 0.369 e. The number of aryl methyl sites for hydroxylation is 1. The number of nitrogens with one attached hydrogen (secondary N) is 2. The van der Waals surface area contributed by atoms with Crippen LogP contribution >= 0.6 is 0 Å². The Morgan fingerprint density at radius 3 is 2.29 bits per heavy atom. The molecule has 1 aromatic rings. The highest BCUT2D eigenvalue weighted by molar-refractivity contribution is 7.89. The van der Waals surface area contributed by atoms with Crippen LogP contribution in [0.2, 0.25) is 0 Å². The molecule has 0 radical (unpaired) electrons. The van der Waals surface area contributed by atoms with Crippen molar-refractivity contribution in [3.63, 3.8) is 0 Å². The van der Waals surface area contributed by atoms with E-state index in [0.29, 0.717) is 26.2 Å². The van der Waals surface area contributed by atoms with Crippen molar-refractivity contribution in [3.8, 4) is 0 Å². The summed E-state index contributed by atoms with van der Waals surface area (Å²) in [6.07, 6.45) is 0. The second-order valence-electron chi connectivity index (χ2n) is 8.06. The van der Waals surface area contributed by atoms with Crippen LogP contribution in [0.25, 0.3) is 0 Å². The highest BCUT2D eigenvalue weighted by Crippen LogP contribution is 2.19. The normalized spacial score (nSPS) is 15.9. The van der Waals surface area contributed by atoms with Crippen molar-refractivity contribution in [1.82, 2.24) is 14.9 Å². The van der Waals surface area contributed by atoms with E-state index < -0.39 is 27.2 Å². The van der Waals surface area contributed by atoms with E-state index in [-0.39, 0.29) is 12.5 Å². The lowest BCUT2D eigenvalue weighted by atomic mass is 10.1. The van der Waals surface area contributed by atoms with Crippen LogP contribution in [0.15, 0.2) is 24.3 Å². The van der Waals surface area contributed by atoms with Gasteiger partial charge in [0.2, 0.25) is 21.8 Å². The first-order valence-electron chi connectivity index (χ1n) is 9.33. The first kappa shape index (κ1) is 22.2. The molecule has 1 heterocycles. The average molecular weight is 411 g/mol. The third-order valence-electron chi connectivity index (χ3n) is 4.27. The summed E-state index contributed by atoms with van der Waals surface area (Å²) in [5.41, 5.74) is 1.81. The number of nitrogens with zero attached hydrogens (tertiary/aromatic N) is 2. The third kappa shape index (κ3) is 6.79. The van der Waals surface area contributed by atoms with Gasteiger partial charge in [0.25, 0.3) is 0 Å². The topological polar surface area (TPSA) is 98.8 Å². The van der Waals surface area contributed by atoms with Crippen LogP contribution in [0.5, 0.6) is 0 Å². The molecular formula is C19H30N4O4S. The standard InChI is InChI=1S/C19H30N4O4S/c1-15-6-5-7-16(12-15)22-8-10-23(11-9-22)28(26,27)14-18(25)20-13-17(24)21-19(2,3)4/h5-7,12H,8-11,13-14H2,1-4H3,(H,20,25)(H,21,24). The average Bonchev–Trinajstić information content (AvgIpc) is 2.58. The van der Waals surface area contributed by atoms with E-state index in [1.165, 1.54) is 4.31 Å². The van der Waals surface area contributed by atoms with Gasteiger partial charge in [0.15, 0.2) is 0 Å².